The average Bonchev–Trinajstić information content (AvgIpc) is 2.67. The van der Waals surface area contributed by atoms with Crippen molar-refractivity contribution in [2.45, 2.75) is 27.7 Å². The van der Waals surface area contributed by atoms with E-state index >= 15 is 0 Å². The van der Waals surface area contributed by atoms with Crippen LogP contribution in [0.4, 0.5) is 0 Å². The molecule has 2 N–H and O–H groups in total. The second kappa shape index (κ2) is 7.80. The quantitative estimate of drug-likeness (QED) is 0.566. The number of benzene rings is 3. The minimum absolute atomic E-state index is 0.428. The van der Waals surface area contributed by atoms with Gasteiger partial charge in [-0.15, -0.1) is 0 Å². The van der Waals surface area contributed by atoms with Crippen LogP contribution < -0.4 is 15.9 Å². The van der Waals surface area contributed by atoms with Crippen molar-refractivity contribution in [3.63, 3.8) is 0 Å². The molecule has 0 saturated carbocycles. The molecule has 154 valence electrons. The molecule has 3 aromatic carbocycles. The van der Waals surface area contributed by atoms with Crippen LogP contribution in [0.15, 0.2) is 72.8 Å². The van der Waals surface area contributed by atoms with Crippen molar-refractivity contribution in [1.29, 1.82) is 0 Å². The first-order chi connectivity index (χ1) is 13.6. The van der Waals surface area contributed by atoms with Crippen LogP contribution in [-0.4, -0.2) is 15.9 Å². The maximum atomic E-state index is 12.6. The molecule has 0 unspecified atom stereocenters. The van der Waals surface area contributed by atoms with Crippen molar-refractivity contribution < 1.29 is 18.7 Å². The summed E-state index contributed by atoms with van der Waals surface area (Å²) >= 11 is 0. The molecule has 0 fully saturated rings. The predicted molar refractivity (Wildman–Crippen MR) is 123 cm³/mol. The third-order valence-corrected chi connectivity index (χ3v) is 13.8. The molecule has 0 aliphatic carbocycles. The first-order valence-corrected chi connectivity index (χ1v) is 13.5. The van der Waals surface area contributed by atoms with Gasteiger partial charge in [-0.1, -0.05) is 0 Å². The van der Waals surface area contributed by atoms with Crippen molar-refractivity contribution >= 4 is 30.6 Å². The number of hydrogen-bond acceptors (Lipinski definition) is 2. The molecule has 3 rings (SSSR count). The summed E-state index contributed by atoms with van der Waals surface area (Å²) in [5.41, 5.74) is 2.85. The van der Waals surface area contributed by atoms with Crippen molar-refractivity contribution in [2.75, 3.05) is 6.16 Å². The molecule has 0 bridgehead atoms. The van der Waals surface area contributed by atoms with Gasteiger partial charge in [-0.25, -0.2) is 0 Å². The predicted octanol–water partition coefficient (Wildman–Crippen LogP) is 4.49. The van der Waals surface area contributed by atoms with Crippen LogP contribution in [0.5, 0.6) is 0 Å². The molecule has 6 heteroatoms. The van der Waals surface area contributed by atoms with E-state index in [0.29, 0.717) is 6.16 Å². The Morgan fingerprint density at radius 3 is 1.28 bits per heavy atom. The summed E-state index contributed by atoms with van der Waals surface area (Å²) in [6.45, 7) is 3.90. The second-order valence-corrected chi connectivity index (χ2v) is 13.6. The molecule has 0 aliphatic rings. The fraction of sp³-hybridized carbons (Fsp3) is 0.217. The molecule has 29 heavy (non-hydrogen) atoms. The van der Waals surface area contributed by atoms with Gasteiger partial charge in [0.2, 0.25) is 0 Å². The van der Waals surface area contributed by atoms with Crippen molar-refractivity contribution in [1.82, 2.24) is 0 Å². The second-order valence-electron chi connectivity index (χ2n) is 7.46. The SMILES string of the molecule is CCP(OP(=O)(O)O)(c1ccccc1C)(c1ccccc1C)c1ccccc1C. The van der Waals surface area contributed by atoms with E-state index in [2.05, 4.69) is 0 Å². The summed E-state index contributed by atoms with van der Waals surface area (Å²) in [6.07, 6.45) is 0.428. The molecule has 3 aromatic rings. The molecular weight excluding hydrogens is 402 g/mol. The van der Waals surface area contributed by atoms with Crippen molar-refractivity contribution in [2.24, 2.45) is 0 Å². The van der Waals surface area contributed by atoms with Crippen LogP contribution in [0, 0.1) is 20.8 Å². The zero-order valence-corrected chi connectivity index (χ0v) is 19.0. The van der Waals surface area contributed by atoms with Crippen LogP contribution in [0.1, 0.15) is 23.6 Å². The van der Waals surface area contributed by atoms with Gasteiger partial charge >= 0.3 is 173 Å². The van der Waals surface area contributed by atoms with E-state index in [0.717, 1.165) is 32.6 Å². The Morgan fingerprint density at radius 1 is 0.724 bits per heavy atom. The third-order valence-electron chi connectivity index (χ3n) is 5.77. The standard InChI is InChI=1S/C23H28O4P2/c1-5-29(27-28(24,25)26,21-15-9-6-12-18(21)2,22-16-10-7-13-19(22)3)23-17-11-8-14-20(23)4/h6-17H,5H2,1-4H3,(H2,24,25,26). The van der Waals surface area contributed by atoms with Gasteiger partial charge < -0.3 is 0 Å². The number of hydrogen-bond donors (Lipinski definition) is 2. The Morgan fingerprint density at radius 2 is 1.03 bits per heavy atom. The first-order valence-electron chi connectivity index (χ1n) is 9.62. The molecular formula is C23H28O4P2. The summed E-state index contributed by atoms with van der Waals surface area (Å²) in [7, 11) is -4.87. The fourth-order valence-electron chi connectivity index (χ4n) is 4.61. The Kier molecular flexibility index (Phi) is 5.89. The Balaban J connectivity index is 2.68. The Labute approximate surface area is 172 Å². The topological polar surface area (TPSA) is 66.8 Å². The third kappa shape index (κ3) is 3.50. The van der Waals surface area contributed by atoms with E-state index in [1.54, 1.807) is 0 Å². The average molecular weight is 430 g/mol. The van der Waals surface area contributed by atoms with Gasteiger partial charge in [-0.2, -0.15) is 0 Å². The maximum absolute atomic E-state index is 12.6. The summed E-state index contributed by atoms with van der Waals surface area (Å²) in [5.74, 6) is 0. The molecule has 0 spiro atoms. The summed E-state index contributed by atoms with van der Waals surface area (Å²) in [6, 6.07) is 23.4. The minimum atomic E-state index is -4.87. The van der Waals surface area contributed by atoms with Gasteiger partial charge in [-0.05, 0) is 0 Å². The molecule has 0 amide bonds. The van der Waals surface area contributed by atoms with Crippen LogP contribution in [0.2, 0.25) is 0 Å². The van der Waals surface area contributed by atoms with Crippen molar-refractivity contribution in [3.8, 4) is 0 Å². The van der Waals surface area contributed by atoms with E-state index in [1.807, 2.05) is 100 Å². The van der Waals surface area contributed by atoms with Crippen LogP contribution >= 0.6 is 14.7 Å². The first kappa shape index (κ1) is 21.9. The molecule has 0 atom stereocenters. The van der Waals surface area contributed by atoms with E-state index in [9.17, 15) is 14.4 Å². The van der Waals surface area contributed by atoms with Crippen LogP contribution in [-0.2, 0) is 8.88 Å². The summed E-state index contributed by atoms with van der Waals surface area (Å²) in [4.78, 5) is 20.5. The molecule has 0 saturated heterocycles. The van der Waals surface area contributed by atoms with Crippen LogP contribution in [0.25, 0.3) is 0 Å². The zero-order valence-electron chi connectivity index (χ0n) is 17.2. The summed E-state index contributed by atoms with van der Waals surface area (Å²) in [5, 5.41) is 2.56. The monoisotopic (exact) mass is 430 g/mol. The summed E-state index contributed by atoms with van der Waals surface area (Å²) < 4.78 is 18.7. The number of aryl methyl sites for hydroxylation is 3. The molecule has 4 nitrogen and oxygen atoms in total. The fourth-order valence-corrected chi connectivity index (χ4v) is 13.5. The van der Waals surface area contributed by atoms with Crippen molar-refractivity contribution in [3.05, 3.63) is 89.5 Å². The molecule has 0 heterocycles. The Bertz CT molecular complexity index is 974. The van der Waals surface area contributed by atoms with E-state index < -0.39 is 14.7 Å². The van der Waals surface area contributed by atoms with Gasteiger partial charge in [0.15, 0.2) is 0 Å². The number of phosphoric acid groups is 1. The zero-order chi connectivity index (χ0) is 21.3. The van der Waals surface area contributed by atoms with E-state index in [1.165, 1.54) is 0 Å². The molecule has 0 aromatic heterocycles. The van der Waals surface area contributed by atoms with E-state index in [-0.39, 0.29) is 0 Å². The van der Waals surface area contributed by atoms with E-state index in [4.69, 9.17) is 4.31 Å². The number of rotatable bonds is 6. The normalized spacial score (nSPS) is 13.7. The van der Waals surface area contributed by atoms with Gasteiger partial charge in [0, 0.05) is 0 Å². The Hall–Kier alpha value is -1.80. The van der Waals surface area contributed by atoms with Gasteiger partial charge in [0.1, 0.15) is 0 Å². The van der Waals surface area contributed by atoms with Gasteiger partial charge in [0.25, 0.3) is 0 Å². The van der Waals surface area contributed by atoms with Gasteiger partial charge in [0.05, 0.1) is 0 Å². The molecule has 0 radical (unpaired) electrons. The molecule has 0 aliphatic heterocycles. The van der Waals surface area contributed by atoms with Crippen LogP contribution in [0.3, 0.4) is 0 Å². The van der Waals surface area contributed by atoms with Gasteiger partial charge in [-0.3, -0.25) is 0 Å².